The van der Waals surface area contributed by atoms with Crippen molar-refractivity contribution in [2.24, 2.45) is 10.5 Å². The van der Waals surface area contributed by atoms with Gasteiger partial charge in [-0.15, -0.1) is 5.10 Å². The van der Waals surface area contributed by atoms with Gasteiger partial charge in [-0.25, -0.2) is 5.43 Å². The number of nitrogens with one attached hydrogen (secondary N) is 3. The van der Waals surface area contributed by atoms with E-state index in [2.05, 4.69) is 21.2 Å². The van der Waals surface area contributed by atoms with Gasteiger partial charge in [0.2, 0.25) is 17.8 Å². The number of hydrazone groups is 1. The second kappa shape index (κ2) is 6.38. The average molecular weight is 302 g/mol. The van der Waals surface area contributed by atoms with Gasteiger partial charge in [0.15, 0.2) is 0 Å². The Bertz CT molecular complexity index is 599. The molecular formula is C15H18N4O3. The predicted molar refractivity (Wildman–Crippen MR) is 80.6 cm³/mol. The molecule has 1 fully saturated rings. The normalized spacial score (nSPS) is 16.5. The van der Waals surface area contributed by atoms with Gasteiger partial charge >= 0.3 is 0 Å². The maximum Gasteiger partial charge on any atom is 0.271 e. The highest BCUT2D eigenvalue weighted by Crippen LogP contribution is 2.28. The first-order valence-corrected chi connectivity index (χ1v) is 7.09. The molecule has 7 nitrogen and oxygen atoms in total. The number of benzene rings is 1. The number of hydrogen-bond acceptors (Lipinski definition) is 4. The van der Waals surface area contributed by atoms with Crippen LogP contribution < -0.4 is 16.1 Å². The zero-order chi connectivity index (χ0) is 16.2. The van der Waals surface area contributed by atoms with E-state index >= 15 is 0 Å². The second-order valence-corrected chi connectivity index (χ2v) is 4.96. The SMILES string of the molecule is CCC1(CC)C(=O)NC(=NNC(=O)c2ccccc2)NC1=O. The van der Waals surface area contributed by atoms with Crippen LogP contribution in [0.5, 0.6) is 0 Å². The highest BCUT2D eigenvalue weighted by atomic mass is 16.2. The highest BCUT2D eigenvalue weighted by Gasteiger charge is 2.46. The lowest BCUT2D eigenvalue weighted by molar-refractivity contribution is -0.144. The minimum Gasteiger partial charge on any atom is -0.294 e. The molecular weight excluding hydrogens is 284 g/mol. The Balaban J connectivity index is 2.08. The van der Waals surface area contributed by atoms with Crippen molar-refractivity contribution < 1.29 is 14.4 Å². The lowest BCUT2D eigenvalue weighted by Crippen LogP contribution is -2.63. The molecule has 3 N–H and O–H groups in total. The molecule has 0 atom stereocenters. The summed E-state index contributed by atoms with van der Waals surface area (Å²) in [7, 11) is 0. The molecule has 1 aliphatic rings. The van der Waals surface area contributed by atoms with Gasteiger partial charge in [0.1, 0.15) is 5.41 Å². The molecule has 1 saturated heterocycles. The van der Waals surface area contributed by atoms with Crippen molar-refractivity contribution in [1.29, 1.82) is 0 Å². The molecule has 1 aromatic carbocycles. The summed E-state index contributed by atoms with van der Waals surface area (Å²) < 4.78 is 0. The van der Waals surface area contributed by atoms with Crippen LogP contribution in [0.2, 0.25) is 0 Å². The van der Waals surface area contributed by atoms with E-state index in [1.807, 2.05) is 0 Å². The monoisotopic (exact) mass is 302 g/mol. The van der Waals surface area contributed by atoms with Crippen molar-refractivity contribution in [2.75, 3.05) is 0 Å². The largest absolute Gasteiger partial charge is 0.294 e. The third kappa shape index (κ3) is 2.83. The summed E-state index contributed by atoms with van der Waals surface area (Å²) in [5.74, 6) is -1.32. The van der Waals surface area contributed by atoms with Crippen molar-refractivity contribution in [3.63, 3.8) is 0 Å². The average Bonchev–Trinajstić information content (AvgIpc) is 2.54. The maximum atomic E-state index is 12.1. The van der Waals surface area contributed by atoms with E-state index < -0.39 is 23.1 Å². The Hall–Kier alpha value is -2.70. The van der Waals surface area contributed by atoms with Gasteiger partial charge in [-0.05, 0) is 25.0 Å². The molecule has 0 saturated carbocycles. The number of guanidine groups is 1. The number of carbonyl (C=O) groups is 3. The fourth-order valence-corrected chi connectivity index (χ4v) is 2.30. The molecule has 3 amide bonds. The Morgan fingerprint density at radius 1 is 1.09 bits per heavy atom. The summed E-state index contributed by atoms with van der Waals surface area (Å²) in [6, 6.07) is 8.50. The summed E-state index contributed by atoms with van der Waals surface area (Å²) in [5.41, 5.74) is 1.64. The van der Waals surface area contributed by atoms with Crippen molar-refractivity contribution in [3.05, 3.63) is 35.9 Å². The van der Waals surface area contributed by atoms with Crippen LogP contribution in [0.3, 0.4) is 0 Å². The van der Waals surface area contributed by atoms with E-state index in [1.165, 1.54) is 0 Å². The van der Waals surface area contributed by atoms with Crippen molar-refractivity contribution >= 4 is 23.7 Å². The summed E-state index contributed by atoms with van der Waals surface area (Å²) in [5, 5.41) is 8.77. The zero-order valence-electron chi connectivity index (χ0n) is 12.5. The Labute approximate surface area is 128 Å². The lowest BCUT2D eigenvalue weighted by Gasteiger charge is -2.33. The zero-order valence-corrected chi connectivity index (χ0v) is 12.5. The molecule has 0 aliphatic carbocycles. The molecule has 22 heavy (non-hydrogen) atoms. The molecule has 1 aromatic rings. The Kier molecular flexibility index (Phi) is 4.55. The van der Waals surface area contributed by atoms with Crippen molar-refractivity contribution in [2.45, 2.75) is 26.7 Å². The van der Waals surface area contributed by atoms with Gasteiger partial charge < -0.3 is 0 Å². The van der Waals surface area contributed by atoms with Gasteiger partial charge in [-0.1, -0.05) is 32.0 Å². The molecule has 116 valence electrons. The standard InChI is InChI=1S/C15H18N4O3/c1-3-15(4-2)12(21)16-14(17-13(15)22)19-18-11(20)10-8-6-5-7-9-10/h5-9H,3-4H2,1-2H3,(H,18,20)(H2,16,17,19,21,22). The number of carbonyl (C=O) groups excluding carboxylic acids is 3. The minimum absolute atomic E-state index is 0.0724. The van der Waals surface area contributed by atoms with Gasteiger partial charge in [0, 0.05) is 5.56 Å². The molecule has 7 heteroatoms. The summed E-state index contributed by atoms with van der Waals surface area (Å²) in [6.07, 6.45) is 0.787. The summed E-state index contributed by atoms with van der Waals surface area (Å²) in [4.78, 5) is 36.1. The van der Waals surface area contributed by atoms with E-state index in [0.29, 0.717) is 18.4 Å². The molecule has 0 radical (unpaired) electrons. The van der Waals surface area contributed by atoms with Gasteiger partial charge in [0.25, 0.3) is 5.91 Å². The van der Waals surface area contributed by atoms with Crippen LogP contribution in [0.4, 0.5) is 0 Å². The first-order chi connectivity index (χ1) is 10.5. The van der Waals surface area contributed by atoms with Crippen LogP contribution >= 0.6 is 0 Å². The van der Waals surface area contributed by atoms with Crippen LogP contribution in [0, 0.1) is 5.41 Å². The maximum absolute atomic E-state index is 12.1. The topological polar surface area (TPSA) is 99.7 Å². The summed E-state index contributed by atoms with van der Waals surface area (Å²) in [6.45, 7) is 3.56. The fourth-order valence-electron chi connectivity index (χ4n) is 2.30. The van der Waals surface area contributed by atoms with E-state index in [-0.39, 0.29) is 5.96 Å². The van der Waals surface area contributed by atoms with Crippen molar-refractivity contribution in [3.8, 4) is 0 Å². The Morgan fingerprint density at radius 2 is 1.64 bits per heavy atom. The summed E-state index contributed by atoms with van der Waals surface area (Å²) >= 11 is 0. The lowest BCUT2D eigenvalue weighted by atomic mass is 9.79. The second-order valence-electron chi connectivity index (χ2n) is 4.96. The molecule has 0 aromatic heterocycles. The van der Waals surface area contributed by atoms with E-state index in [4.69, 9.17) is 0 Å². The van der Waals surface area contributed by atoms with Crippen molar-refractivity contribution in [1.82, 2.24) is 16.1 Å². The van der Waals surface area contributed by atoms with Crippen LogP contribution in [-0.4, -0.2) is 23.7 Å². The quantitative estimate of drug-likeness (QED) is 0.565. The first kappa shape index (κ1) is 15.7. The van der Waals surface area contributed by atoms with E-state index in [0.717, 1.165) is 0 Å². The number of hydrogen-bond donors (Lipinski definition) is 3. The van der Waals surface area contributed by atoms with Crippen LogP contribution in [0.15, 0.2) is 35.4 Å². The Morgan fingerprint density at radius 3 is 2.14 bits per heavy atom. The highest BCUT2D eigenvalue weighted by molar-refractivity contribution is 6.20. The minimum atomic E-state index is -1.08. The fraction of sp³-hybridized carbons (Fsp3) is 0.333. The van der Waals surface area contributed by atoms with Gasteiger partial charge in [0.05, 0.1) is 0 Å². The molecule has 0 unspecified atom stereocenters. The molecule has 0 bridgehead atoms. The van der Waals surface area contributed by atoms with Gasteiger partial charge in [-0.2, -0.15) is 0 Å². The van der Waals surface area contributed by atoms with Crippen LogP contribution in [-0.2, 0) is 9.59 Å². The van der Waals surface area contributed by atoms with E-state index in [9.17, 15) is 14.4 Å². The molecule has 0 spiro atoms. The molecule has 2 rings (SSSR count). The molecule has 1 aliphatic heterocycles. The van der Waals surface area contributed by atoms with Crippen LogP contribution in [0.25, 0.3) is 0 Å². The third-order valence-electron chi connectivity index (χ3n) is 3.85. The van der Waals surface area contributed by atoms with E-state index in [1.54, 1.807) is 44.2 Å². The van der Waals surface area contributed by atoms with Crippen LogP contribution in [0.1, 0.15) is 37.0 Å². The number of nitrogens with zero attached hydrogens (tertiary/aromatic N) is 1. The number of rotatable bonds is 4. The predicted octanol–water partition coefficient (Wildman–Crippen LogP) is 0.740. The van der Waals surface area contributed by atoms with Gasteiger partial charge in [-0.3, -0.25) is 25.0 Å². The third-order valence-corrected chi connectivity index (χ3v) is 3.85. The number of amides is 3. The smallest absolute Gasteiger partial charge is 0.271 e. The first-order valence-electron chi connectivity index (χ1n) is 7.09. The molecule has 1 heterocycles.